The van der Waals surface area contributed by atoms with E-state index in [2.05, 4.69) is 34.6 Å². The monoisotopic (exact) mass is 863 g/mol. The summed E-state index contributed by atoms with van der Waals surface area (Å²) < 4.78 is 16.8. The Morgan fingerprint density at radius 2 is 0.541 bits per heavy atom. The molecule has 0 rings (SSSR count). The van der Waals surface area contributed by atoms with Crippen LogP contribution in [0.15, 0.2) is 0 Å². The molecule has 0 amide bonds. The van der Waals surface area contributed by atoms with E-state index in [9.17, 15) is 14.4 Å². The first-order chi connectivity index (χ1) is 29.7. The van der Waals surface area contributed by atoms with Gasteiger partial charge in [0.25, 0.3) is 0 Å². The van der Waals surface area contributed by atoms with Crippen LogP contribution in [-0.4, -0.2) is 37.2 Å². The fourth-order valence-electron chi connectivity index (χ4n) is 8.34. The minimum atomic E-state index is -0.762. The predicted octanol–water partition coefficient (Wildman–Crippen LogP) is 17.7. The Kier molecular flexibility index (Phi) is 46.6. The number of carbonyl (C=O) groups excluding carboxylic acids is 3. The van der Waals surface area contributed by atoms with Crippen LogP contribution in [0.2, 0.25) is 0 Å². The van der Waals surface area contributed by atoms with Crippen molar-refractivity contribution in [3.8, 4) is 0 Å². The average Bonchev–Trinajstić information content (AvgIpc) is 3.23. The summed E-state index contributed by atoms with van der Waals surface area (Å²) in [4.78, 5) is 38.0. The normalized spacial score (nSPS) is 12.0. The van der Waals surface area contributed by atoms with Crippen molar-refractivity contribution in [1.82, 2.24) is 0 Å². The van der Waals surface area contributed by atoms with Gasteiger partial charge in [-0.15, -0.1) is 0 Å². The minimum absolute atomic E-state index is 0.0640. The highest BCUT2D eigenvalue weighted by atomic mass is 16.6. The van der Waals surface area contributed by atoms with Crippen molar-refractivity contribution in [2.24, 2.45) is 11.8 Å². The standard InChI is InChI=1S/C55H106O6/c1-6-7-8-9-10-11-12-13-14-15-16-17-18-19-20-24-30-35-40-45-53(56)59-48-52(61-55(58)47-42-37-32-27-26-29-34-39-44-51(4)5)49-60-54(57)46-41-36-31-25-22-21-23-28-33-38-43-50(2)3/h50-52H,6-49H2,1-5H3/t52-/m0/s1. The highest BCUT2D eigenvalue weighted by molar-refractivity contribution is 5.71. The van der Waals surface area contributed by atoms with Gasteiger partial charge in [0, 0.05) is 19.3 Å². The van der Waals surface area contributed by atoms with Crippen LogP contribution >= 0.6 is 0 Å². The highest BCUT2D eigenvalue weighted by Crippen LogP contribution is 2.18. The summed E-state index contributed by atoms with van der Waals surface area (Å²) in [6.45, 7) is 11.3. The lowest BCUT2D eigenvalue weighted by atomic mass is 10.0. The Balaban J connectivity index is 4.24. The van der Waals surface area contributed by atoms with E-state index in [4.69, 9.17) is 14.2 Å². The molecule has 0 aliphatic carbocycles. The second kappa shape index (κ2) is 47.9. The third-order valence-electron chi connectivity index (χ3n) is 12.5. The number of hydrogen-bond donors (Lipinski definition) is 0. The molecule has 0 aromatic heterocycles. The van der Waals surface area contributed by atoms with Crippen molar-refractivity contribution in [2.75, 3.05) is 13.2 Å². The summed E-state index contributed by atoms with van der Waals surface area (Å²) >= 11 is 0. The van der Waals surface area contributed by atoms with E-state index in [1.165, 1.54) is 193 Å². The molecular weight excluding hydrogens is 757 g/mol. The highest BCUT2D eigenvalue weighted by Gasteiger charge is 2.19. The lowest BCUT2D eigenvalue weighted by Gasteiger charge is -2.18. The molecular formula is C55H106O6. The molecule has 0 unspecified atom stereocenters. The molecule has 0 saturated heterocycles. The van der Waals surface area contributed by atoms with Crippen LogP contribution in [0.3, 0.4) is 0 Å². The van der Waals surface area contributed by atoms with Gasteiger partial charge in [-0.2, -0.15) is 0 Å². The number of rotatable bonds is 49. The summed E-state index contributed by atoms with van der Waals surface area (Å²) in [5.74, 6) is 0.763. The van der Waals surface area contributed by atoms with Gasteiger partial charge in [0.05, 0.1) is 0 Å². The maximum atomic E-state index is 12.8. The minimum Gasteiger partial charge on any atom is -0.462 e. The van der Waals surface area contributed by atoms with Gasteiger partial charge in [0.1, 0.15) is 13.2 Å². The molecule has 0 spiro atoms. The summed E-state index contributed by atoms with van der Waals surface area (Å²) in [7, 11) is 0. The Labute approximate surface area is 380 Å². The second-order valence-corrected chi connectivity index (χ2v) is 19.8. The molecule has 6 nitrogen and oxygen atoms in total. The quantitative estimate of drug-likeness (QED) is 0.0344. The van der Waals surface area contributed by atoms with Crippen LogP contribution in [0.4, 0.5) is 0 Å². The molecule has 0 saturated carbocycles. The molecule has 0 bridgehead atoms. The van der Waals surface area contributed by atoms with E-state index in [-0.39, 0.29) is 31.1 Å². The molecule has 362 valence electrons. The zero-order valence-corrected chi connectivity index (χ0v) is 41.8. The van der Waals surface area contributed by atoms with Gasteiger partial charge in [-0.05, 0) is 31.1 Å². The first kappa shape index (κ1) is 59.4. The van der Waals surface area contributed by atoms with E-state index in [1.54, 1.807) is 0 Å². The van der Waals surface area contributed by atoms with Crippen molar-refractivity contribution in [1.29, 1.82) is 0 Å². The van der Waals surface area contributed by atoms with Crippen molar-refractivity contribution >= 4 is 17.9 Å². The second-order valence-electron chi connectivity index (χ2n) is 19.8. The number of esters is 3. The summed E-state index contributed by atoms with van der Waals surface area (Å²) in [6.07, 6.45) is 49.6. The maximum absolute atomic E-state index is 12.8. The smallest absolute Gasteiger partial charge is 0.306 e. The molecule has 0 radical (unpaired) electrons. The topological polar surface area (TPSA) is 78.9 Å². The molecule has 0 heterocycles. The molecule has 1 atom stereocenters. The first-order valence-corrected chi connectivity index (χ1v) is 27.2. The van der Waals surface area contributed by atoms with Gasteiger partial charge in [0.2, 0.25) is 0 Å². The third-order valence-corrected chi connectivity index (χ3v) is 12.5. The van der Waals surface area contributed by atoms with Gasteiger partial charge in [-0.1, -0.05) is 266 Å². The van der Waals surface area contributed by atoms with Crippen LogP contribution < -0.4 is 0 Å². The Morgan fingerprint density at radius 1 is 0.311 bits per heavy atom. The number of carbonyl (C=O) groups is 3. The third kappa shape index (κ3) is 49.3. The van der Waals surface area contributed by atoms with Crippen LogP contribution in [0.5, 0.6) is 0 Å². The molecule has 6 heteroatoms. The van der Waals surface area contributed by atoms with Gasteiger partial charge in [-0.3, -0.25) is 14.4 Å². The van der Waals surface area contributed by atoms with E-state index < -0.39 is 6.10 Å². The fourth-order valence-corrected chi connectivity index (χ4v) is 8.34. The largest absolute Gasteiger partial charge is 0.462 e. The van der Waals surface area contributed by atoms with Crippen LogP contribution in [0.25, 0.3) is 0 Å². The van der Waals surface area contributed by atoms with Gasteiger partial charge in [-0.25, -0.2) is 0 Å². The Hall–Kier alpha value is -1.59. The first-order valence-electron chi connectivity index (χ1n) is 27.2. The van der Waals surface area contributed by atoms with E-state index >= 15 is 0 Å². The summed E-state index contributed by atoms with van der Waals surface area (Å²) in [5.41, 5.74) is 0. The summed E-state index contributed by atoms with van der Waals surface area (Å²) in [5, 5.41) is 0. The lowest BCUT2D eigenvalue weighted by molar-refractivity contribution is -0.167. The average molecular weight is 863 g/mol. The summed E-state index contributed by atoms with van der Waals surface area (Å²) in [6, 6.07) is 0. The van der Waals surface area contributed by atoms with Gasteiger partial charge < -0.3 is 14.2 Å². The maximum Gasteiger partial charge on any atom is 0.306 e. The Morgan fingerprint density at radius 3 is 0.803 bits per heavy atom. The van der Waals surface area contributed by atoms with Crippen molar-refractivity contribution in [2.45, 2.75) is 310 Å². The predicted molar refractivity (Wildman–Crippen MR) is 261 cm³/mol. The number of hydrogen-bond acceptors (Lipinski definition) is 6. The molecule has 0 aliphatic heterocycles. The molecule has 0 aromatic rings. The van der Waals surface area contributed by atoms with E-state index in [0.29, 0.717) is 19.3 Å². The SMILES string of the molecule is CCCCCCCCCCCCCCCCCCCCCC(=O)OC[C@@H](COC(=O)CCCCCCCCCCCCC(C)C)OC(=O)CCCCCCCCCCC(C)C. The molecule has 0 N–H and O–H groups in total. The van der Waals surface area contributed by atoms with Crippen molar-refractivity contribution in [3.05, 3.63) is 0 Å². The lowest BCUT2D eigenvalue weighted by Crippen LogP contribution is -2.30. The molecule has 61 heavy (non-hydrogen) atoms. The van der Waals surface area contributed by atoms with Gasteiger partial charge in [0.15, 0.2) is 6.10 Å². The molecule has 0 aromatic carbocycles. The molecule has 0 fully saturated rings. The van der Waals surface area contributed by atoms with Crippen LogP contribution in [-0.2, 0) is 28.6 Å². The van der Waals surface area contributed by atoms with Crippen molar-refractivity contribution < 1.29 is 28.6 Å². The van der Waals surface area contributed by atoms with Crippen LogP contribution in [0.1, 0.15) is 304 Å². The van der Waals surface area contributed by atoms with Crippen molar-refractivity contribution in [3.63, 3.8) is 0 Å². The molecule has 0 aliphatic rings. The number of unbranched alkanes of at least 4 members (excludes halogenated alkanes) is 34. The Bertz CT molecular complexity index is 931. The van der Waals surface area contributed by atoms with E-state index in [1.807, 2.05) is 0 Å². The zero-order chi connectivity index (χ0) is 44.7. The van der Waals surface area contributed by atoms with Crippen LogP contribution in [0, 0.1) is 11.8 Å². The fraction of sp³-hybridized carbons (Fsp3) is 0.945. The number of ether oxygens (including phenoxy) is 3. The zero-order valence-electron chi connectivity index (χ0n) is 41.8. The van der Waals surface area contributed by atoms with E-state index in [0.717, 1.165) is 69.6 Å². The van der Waals surface area contributed by atoms with Gasteiger partial charge >= 0.3 is 17.9 Å².